The highest BCUT2D eigenvalue weighted by Crippen LogP contribution is 2.06. The summed E-state index contributed by atoms with van der Waals surface area (Å²) in [5.74, 6) is -0.197. The van der Waals surface area contributed by atoms with Gasteiger partial charge in [0.1, 0.15) is 0 Å². The summed E-state index contributed by atoms with van der Waals surface area (Å²) in [6, 6.07) is 16.4. The van der Waals surface area contributed by atoms with Crippen LogP contribution in [0.5, 0.6) is 0 Å². The van der Waals surface area contributed by atoms with E-state index in [0.29, 0.717) is 17.7 Å². The van der Waals surface area contributed by atoms with Gasteiger partial charge in [0.15, 0.2) is 0 Å². The zero-order valence-electron chi connectivity index (χ0n) is 12.8. The molecule has 0 fully saturated rings. The van der Waals surface area contributed by atoms with E-state index < -0.39 is 0 Å². The molecular weight excluding hydrogens is 276 g/mol. The van der Waals surface area contributed by atoms with Crippen LogP contribution in [0, 0.1) is 0 Å². The average molecular weight is 296 g/mol. The van der Waals surface area contributed by atoms with Crippen LogP contribution in [-0.2, 0) is 6.54 Å². The highest BCUT2D eigenvalue weighted by atomic mass is 16.2. The minimum Gasteiger partial charge on any atom is -0.350 e. The van der Waals surface area contributed by atoms with Gasteiger partial charge in [0.2, 0.25) is 0 Å². The molecule has 2 aromatic rings. The highest BCUT2D eigenvalue weighted by molar-refractivity contribution is 5.95. The van der Waals surface area contributed by atoms with E-state index in [2.05, 4.69) is 10.6 Å². The van der Waals surface area contributed by atoms with Gasteiger partial charge in [-0.25, -0.2) is 0 Å². The number of nitrogens with one attached hydrogen (secondary N) is 2. The van der Waals surface area contributed by atoms with Crippen molar-refractivity contribution in [2.45, 2.75) is 26.4 Å². The first-order valence-electron chi connectivity index (χ1n) is 7.29. The SMILES string of the molecule is CC(C)NC(=O)c1ccc(CNC(=O)c2ccccc2)cc1. The van der Waals surface area contributed by atoms with Crippen LogP contribution >= 0.6 is 0 Å². The Labute approximate surface area is 130 Å². The van der Waals surface area contributed by atoms with Crippen molar-refractivity contribution in [2.75, 3.05) is 0 Å². The van der Waals surface area contributed by atoms with Crippen molar-refractivity contribution < 1.29 is 9.59 Å². The number of carbonyl (C=O) groups excluding carboxylic acids is 2. The Kier molecular flexibility index (Phi) is 5.31. The highest BCUT2D eigenvalue weighted by Gasteiger charge is 2.07. The molecule has 0 unspecified atom stereocenters. The first-order valence-corrected chi connectivity index (χ1v) is 7.29. The molecule has 0 aliphatic rings. The third-order valence-corrected chi connectivity index (χ3v) is 3.12. The van der Waals surface area contributed by atoms with Crippen LogP contribution < -0.4 is 10.6 Å². The van der Waals surface area contributed by atoms with Crippen molar-refractivity contribution in [1.82, 2.24) is 10.6 Å². The van der Waals surface area contributed by atoms with E-state index in [4.69, 9.17) is 0 Å². The smallest absolute Gasteiger partial charge is 0.251 e. The van der Waals surface area contributed by atoms with Gasteiger partial charge in [0, 0.05) is 23.7 Å². The maximum Gasteiger partial charge on any atom is 0.251 e. The molecule has 2 rings (SSSR count). The fourth-order valence-corrected chi connectivity index (χ4v) is 1.99. The Morgan fingerprint density at radius 1 is 0.864 bits per heavy atom. The monoisotopic (exact) mass is 296 g/mol. The Morgan fingerprint density at radius 3 is 2.05 bits per heavy atom. The van der Waals surface area contributed by atoms with Gasteiger partial charge < -0.3 is 10.6 Å². The molecule has 4 nitrogen and oxygen atoms in total. The molecule has 22 heavy (non-hydrogen) atoms. The predicted octanol–water partition coefficient (Wildman–Crippen LogP) is 2.75. The number of rotatable bonds is 5. The van der Waals surface area contributed by atoms with Crippen LogP contribution in [-0.4, -0.2) is 17.9 Å². The molecule has 2 N–H and O–H groups in total. The maximum atomic E-state index is 11.9. The van der Waals surface area contributed by atoms with Crippen molar-refractivity contribution in [3.05, 3.63) is 71.3 Å². The lowest BCUT2D eigenvalue weighted by Crippen LogP contribution is -2.30. The van der Waals surface area contributed by atoms with Crippen LogP contribution in [0.3, 0.4) is 0 Å². The predicted molar refractivity (Wildman–Crippen MR) is 86.7 cm³/mol. The molecule has 114 valence electrons. The van der Waals surface area contributed by atoms with Gasteiger partial charge in [-0.2, -0.15) is 0 Å². The number of hydrogen-bond acceptors (Lipinski definition) is 2. The van der Waals surface area contributed by atoms with E-state index in [-0.39, 0.29) is 17.9 Å². The van der Waals surface area contributed by atoms with Gasteiger partial charge in [0.25, 0.3) is 11.8 Å². The summed E-state index contributed by atoms with van der Waals surface area (Å²) >= 11 is 0. The molecule has 4 heteroatoms. The van der Waals surface area contributed by atoms with Crippen LogP contribution in [0.4, 0.5) is 0 Å². The van der Waals surface area contributed by atoms with Crippen molar-refractivity contribution in [3.63, 3.8) is 0 Å². The third kappa shape index (κ3) is 4.45. The van der Waals surface area contributed by atoms with Gasteiger partial charge in [-0.1, -0.05) is 30.3 Å². The lowest BCUT2D eigenvalue weighted by atomic mass is 10.1. The lowest BCUT2D eigenvalue weighted by molar-refractivity contribution is 0.0936. The molecule has 0 spiro atoms. The molecule has 2 aromatic carbocycles. The number of benzene rings is 2. The molecule has 0 saturated carbocycles. The normalized spacial score (nSPS) is 10.3. The second-order valence-electron chi connectivity index (χ2n) is 5.37. The number of amides is 2. The molecule has 0 radical (unpaired) electrons. The molecule has 0 aromatic heterocycles. The van der Waals surface area contributed by atoms with Gasteiger partial charge >= 0.3 is 0 Å². The second kappa shape index (κ2) is 7.41. The van der Waals surface area contributed by atoms with Crippen molar-refractivity contribution >= 4 is 11.8 Å². The van der Waals surface area contributed by atoms with Crippen LogP contribution in [0.15, 0.2) is 54.6 Å². The van der Waals surface area contributed by atoms with Crippen molar-refractivity contribution in [1.29, 1.82) is 0 Å². The molecular formula is C18H20N2O2. The van der Waals surface area contributed by atoms with Gasteiger partial charge in [-0.15, -0.1) is 0 Å². The zero-order chi connectivity index (χ0) is 15.9. The quantitative estimate of drug-likeness (QED) is 0.891. The van der Waals surface area contributed by atoms with E-state index in [9.17, 15) is 9.59 Å². The molecule has 0 aliphatic carbocycles. The van der Waals surface area contributed by atoms with Gasteiger partial charge in [-0.3, -0.25) is 9.59 Å². The summed E-state index contributed by atoms with van der Waals surface area (Å²) in [7, 11) is 0. The summed E-state index contributed by atoms with van der Waals surface area (Å²) < 4.78 is 0. The fraction of sp³-hybridized carbons (Fsp3) is 0.222. The molecule has 2 amide bonds. The fourth-order valence-electron chi connectivity index (χ4n) is 1.99. The Bertz CT molecular complexity index is 634. The Morgan fingerprint density at radius 2 is 1.45 bits per heavy atom. The van der Waals surface area contributed by atoms with Crippen LogP contribution in [0.1, 0.15) is 40.1 Å². The Balaban J connectivity index is 1.92. The summed E-state index contributed by atoms with van der Waals surface area (Å²) in [6.45, 7) is 4.27. The summed E-state index contributed by atoms with van der Waals surface area (Å²) in [4.78, 5) is 23.8. The van der Waals surface area contributed by atoms with Crippen LogP contribution in [0.2, 0.25) is 0 Å². The summed E-state index contributed by atoms with van der Waals surface area (Å²) in [5, 5.41) is 5.70. The minimum absolute atomic E-state index is 0.0881. The summed E-state index contributed by atoms with van der Waals surface area (Å²) in [6.07, 6.45) is 0. The minimum atomic E-state index is -0.109. The molecule has 0 atom stereocenters. The summed E-state index contributed by atoms with van der Waals surface area (Å²) in [5.41, 5.74) is 2.20. The number of hydrogen-bond donors (Lipinski definition) is 2. The molecule has 0 aliphatic heterocycles. The lowest BCUT2D eigenvalue weighted by Gasteiger charge is -2.09. The molecule has 0 saturated heterocycles. The average Bonchev–Trinajstić information content (AvgIpc) is 2.53. The zero-order valence-corrected chi connectivity index (χ0v) is 12.8. The maximum absolute atomic E-state index is 11.9. The molecule has 0 bridgehead atoms. The van der Waals surface area contributed by atoms with Gasteiger partial charge in [0.05, 0.1) is 0 Å². The van der Waals surface area contributed by atoms with Gasteiger partial charge in [-0.05, 0) is 43.7 Å². The van der Waals surface area contributed by atoms with Crippen molar-refractivity contribution in [2.24, 2.45) is 0 Å². The molecule has 0 heterocycles. The second-order valence-corrected chi connectivity index (χ2v) is 5.37. The first kappa shape index (κ1) is 15.8. The van der Waals surface area contributed by atoms with E-state index in [0.717, 1.165) is 5.56 Å². The standard InChI is InChI=1S/C18H20N2O2/c1-13(2)20-18(22)16-10-8-14(9-11-16)12-19-17(21)15-6-4-3-5-7-15/h3-11,13H,12H2,1-2H3,(H,19,21)(H,20,22). The van der Waals surface area contributed by atoms with Crippen LogP contribution in [0.25, 0.3) is 0 Å². The van der Waals surface area contributed by atoms with E-state index >= 15 is 0 Å². The largest absolute Gasteiger partial charge is 0.350 e. The number of carbonyl (C=O) groups is 2. The van der Waals surface area contributed by atoms with E-state index in [1.165, 1.54) is 0 Å². The Hall–Kier alpha value is -2.62. The van der Waals surface area contributed by atoms with E-state index in [1.54, 1.807) is 24.3 Å². The third-order valence-electron chi connectivity index (χ3n) is 3.12. The topological polar surface area (TPSA) is 58.2 Å². The van der Waals surface area contributed by atoms with E-state index in [1.807, 2.05) is 44.2 Å². The van der Waals surface area contributed by atoms with Crippen molar-refractivity contribution in [3.8, 4) is 0 Å². The first-order chi connectivity index (χ1) is 10.6.